The van der Waals surface area contributed by atoms with Crippen molar-refractivity contribution < 1.29 is 14.4 Å². The lowest BCUT2D eigenvalue weighted by atomic mass is 9.99. The maximum Gasteiger partial charge on any atom is 0.353 e. The highest BCUT2D eigenvalue weighted by molar-refractivity contribution is 5.70. The van der Waals surface area contributed by atoms with Crippen molar-refractivity contribution in [3.05, 3.63) is 112 Å². The molecule has 0 aliphatic heterocycles. The maximum absolute atomic E-state index is 12.1. The zero-order valence-electron chi connectivity index (χ0n) is 20.0. The van der Waals surface area contributed by atoms with Crippen LogP contribution in [0, 0.1) is 10.1 Å². The second-order valence-electron chi connectivity index (χ2n) is 7.94. The van der Waals surface area contributed by atoms with Gasteiger partial charge in [-0.2, -0.15) is 0 Å². The zero-order chi connectivity index (χ0) is 25.3. The lowest BCUT2D eigenvalue weighted by Gasteiger charge is -2.20. The lowest BCUT2D eigenvalue weighted by molar-refractivity contribution is -0.383. The van der Waals surface area contributed by atoms with Gasteiger partial charge in [0.05, 0.1) is 25.2 Å². The van der Waals surface area contributed by atoms with Crippen LogP contribution in [0.5, 0.6) is 11.5 Å². The summed E-state index contributed by atoms with van der Waals surface area (Å²) in [4.78, 5) is 20.0. The number of nitro groups is 1. The summed E-state index contributed by atoms with van der Waals surface area (Å²) in [5, 5.41) is 18.5. The highest BCUT2D eigenvalue weighted by Gasteiger charge is 2.26. The minimum Gasteiger partial charge on any atom is -0.493 e. The summed E-state index contributed by atoms with van der Waals surface area (Å²) < 4.78 is 10.6. The van der Waals surface area contributed by atoms with E-state index in [4.69, 9.17) is 9.47 Å². The molecule has 0 spiro atoms. The monoisotopic (exact) mass is 485 g/mol. The van der Waals surface area contributed by atoms with Crippen molar-refractivity contribution in [2.45, 2.75) is 12.5 Å². The van der Waals surface area contributed by atoms with Crippen molar-refractivity contribution in [3.8, 4) is 11.5 Å². The molecule has 184 valence electrons. The van der Waals surface area contributed by atoms with Gasteiger partial charge in [-0.1, -0.05) is 66.7 Å². The van der Waals surface area contributed by atoms with Crippen LogP contribution in [-0.2, 0) is 6.42 Å². The van der Waals surface area contributed by atoms with Crippen molar-refractivity contribution in [2.24, 2.45) is 0 Å². The maximum atomic E-state index is 12.1. The fourth-order valence-corrected chi connectivity index (χ4v) is 3.93. The van der Waals surface area contributed by atoms with E-state index in [-0.39, 0.29) is 23.4 Å². The Morgan fingerprint density at radius 1 is 0.861 bits per heavy atom. The van der Waals surface area contributed by atoms with Gasteiger partial charge < -0.3 is 20.1 Å². The Kier molecular flexibility index (Phi) is 7.92. The number of hydrogen-bond donors (Lipinski definition) is 2. The number of benzene rings is 3. The Morgan fingerprint density at radius 2 is 1.47 bits per heavy atom. The molecule has 4 aromatic rings. The van der Waals surface area contributed by atoms with Gasteiger partial charge in [0.25, 0.3) is 0 Å². The van der Waals surface area contributed by atoms with Crippen LogP contribution in [0.15, 0.2) is 85.2 Å². The molecule has 3 aromatic carbocycles. The molecule has 1 aromatic heterocycles. The molecule has 9 nitrogen and oxygen atoms in total. The van der Waals surface area contributed by atoms with E-state index in [1.807, 2.05) is 78.9 Å². The number of rotatable bonds is 11. The fourth-order valence-electron chi connectivity index (χ4n) is 3.93. The molecule has 0 aliphatic rings. The third-order valence-corrected chi connectivity index (χ3v) is 5.71. The Hall–Kier alpha value is -4.66. The predicted molar refractivity (Wildman–Crippen MR) is 139 cm³/mol. The molecule has 0 saturated carbocycles. The highest BCUT2D eigenvalue weighted by Crippen LogP contribution is 2.34. The van der Waals surface area contributed by atoms with Crippen LogP contribution in [0.1, 0.15) is 22.7 Å². The molecule has 0 amide bonds. The first-order valence-corrected chi connectivity index (χ1v) is 11.4. The molecule has 0 aliphatic carbocycles. The van der Waals surface area contributed by atoms with Crippen LogP contribution in [0.3, 0.4) is 0 Å². The molecule has 4 rings (SSSR count). The standard InChI is InChI=1S/C27H27N5O4/c1-35-22-14-13-19(17-23(22)36-2)15-16-28-26-25(32(33)34)27(30-18-29-26)31-24(20-9-5-3-6-10-20)21-11-7-4-8-12-21/h3-14,17-18,24H,15-16H2,1-2H3,(H2,28,29,30,31). The van der Waals surface area contributed by atoms with E-state index in [9.17, 15) is 10.1 Å². The van der Waals surface area contributed by atoms with E-state index in [0.717, 1.165) is 16.7 Å². The van der Waals surface area contributed by atoms with Gasteiger partial charge in [-0.25, -0.2) is 9.97 Å². The zero-order valence-corrected chi connectivity index (χ0v) is 20.0. The van der Waals surface area contributed by atoms with Crippen LogP contribution in [0.2, 0.25) is 0 Å². The van der Waals surface area contributed by atoms with E-state index in [1.165, 1.54) is 6.33 Å². The average Bonchev–Trinajstić information content (AvgIpc) is 2.92. The molecule has 36 heavy (non-hydrogen) atoms. The van der Waals surface area contributed by atoms with Gasteiger partial charge in [-0.3, -0.25) is 10.1 Å². The fraction of sp³-hybridized carbons (Fsp3) is 0.185. The third-order valence-electron chi connectivity index (χ3n) is 5.71. The number of hydrogen-bond acceptors (Lipinski definition) is 8. The van der Waals surface area contributed by atoms with E-state index in [1.54, 1.807) is 14.2 Å². The molecular weight excluding hydrogens is 458 g/mol. The first-order valence-electron chi connectivity index (χ1n) is 11.4. The SMILES string of the molecule is COc1ccc(CCNc2ncnc(NC(c3ccccc3)c3ccccc3)c2[N+](=O)[O-])cc1OC. The average molecular weight is 486 g/mol. The van der Waals surface area contributed by atoms with Gasteiger partial charge in [0.1, 0.15) is 6.33 Å². The van der Waals surface area contributed by atoms with Crippen LogP contribution in [-0.4, -0.2) is 35.7 Å². The summed E-state index contributed by atoms with van der Waals surface area (Å²) in [7, 11) is 3.16. The van der Waals surface area contributed by atoms with E-state index in [2.05, 4.69) is 20.6 Å². The second-order valence-corrected chi connectivity index (χ2v) is 7.94. The number of nitrogens with one attached hydrogen (secondary N) is 2. The Balaban J connectivity index is 1.57. The number of methoxy groups -OCH3 is 2. The van der Waals surface area contributed by atoms with Gasteiger partial charge in [0, 0.05) is 6.54 Å². The summed E-state index contributed by atoms with van der Waals surface area (Å²) in [6, 6.07) is 24.8. The quantitative estimate of drug-likeness (QED) is 0.219. The molecular formula is C27H27N5O4. The number of anilines is 2. The molecule has 0 unspecified atom stereocenters. The Labute approximate surface area is 209 Å². The lowest BCUT2D eigenvalue weighted by Crippen LogP contribution is -2.16. The van der Waals surface area contributed by atoms with Gasteiger partial charge in [-0.15, -0.1) is 0 Å². The second kappa shape index (κ2) is 11.7. The minimum absolute atomic E-state index is 0.140. The minimum atomic E-state index is -0.464. The van der Waals surface area contributed by atoms with Gasteiger partial charge in [-0.05, 0) is 35.2 Å². The summed E-state index contributed by atoms with van der Waals surface area (Å²) >= 11 is 0. The Bertz CT molecular complexity index is 1260. The molecule has 0 saturated heterocycles. The first-order chi connectivity index (χ1) is 17.6. The van der Waals surface area contributed by atoms with E-state index < -0.39 is 4.92 Å². The highest BCUT2D eigenvalue weighted by atomic mass is 16.6. The predicted octanol–water partition coefficient (Wildman–Crippen LogP) is 5.26. The molecule has 2 N–H and O–H groups in total. The van der Waals surface area contributed by atoms with Crippen molar-refractivity contribution in [2.75, 3.05) is 31.4 Å². The Morgan fingerprint density at radius 3 is 2.06 bits per heavy atom. The van der Waals surface area contributed by atoms with Crippen LogP contribution >= 0.6 is 0 Å². The number of aromatic nitrogens is 2. The van der Waals surface area contributed by atoms with Crippen LogP contribution in [0.25, 0.3) is 0 Å². The first kappa shape index (κ1) is 24.5. The van der Waals surface area contributed by atoms with Crippen molar-refractivity contribution in [1.82, 2.24) is 9.97 Å². The smallest absolute Gasteiger partial charge is 0.353 e. The topological polar surface area (TPSA) is 111 Å². The van der Waals surface area contributed by atoms with Crippen molar-refractivity contribution in [1.29, 1.82) is 0 Å². The molecule has 9 heteroatoms. The van der Waals surface area contributed by atoms with Crippen LogP contribution in [0.4, 0.5) is 17.3 Å². The summed E-state index contributed by atoms with van der Waals surface area (Å²) in [6.07, 6.45) is 1.92. The van der Waals surface area contributed by atoms with Gasteiger partial charge in [0.2, 0.25) is 11.6 Å². The molecule has 1 heterocycles. The van der Waals surface area contributed by atoms with Crippen LogP contribution < -0.4 is 20.1 Å². The summed E-state index contributed by atoms with van der Waals surface area (Å²) in [5.74, 6) is 1.56. The molecule has 0 fully saturated rings. The summed E-state index contributed by atoms with van der Waals surface area (Å²) in [6.45, 7) is 0.424. The molecule has 0 atom stereocenters. The largest absolute Gasteiger partial charge is 0.493 e. The number of ether oxygens (including phenoxy) is 2. The molecule has 0 bridgehead atoms. The van der Waals surface area contributed by atoms with Gasteiger partial charge in [0.15, 0.2) is 11.5 Å². The molecule has 0 radical (unpaired) electrons. The number of nitrogens with zero attached hydrogens (tertiary/aromatic N) is 3. The third kappa shape index (κ3) is 5.69. The summed E-state index contributed by atoms with van der Waals surface area (Å²) in [5.41, 5.74) is 2.70. The van der Waals surface area contributed by atoms with Crippen molar-refractivity contribution in [3.63, 3.8) is 0 Å². The van der Waals surface area contributed by atoms with E-state index in [0.29, 0.717) is 24.5 Å². The normalized spacial score (nSPS) is 10.6. The van der Waals surface area contributed by atoms with Gasteiger partial charge >= 0.3 is 5.69 Å². The van der Waals surface area contributed by atoms with Crippen molar-refractivity contribution >= 4 is 17.3 Å². The van der Waals surface area contributed by atoms with E-state index >= 15 is 0 Å².